The van der Waals surface area contributed by atoms with Crippen LogP contribution in [0.4, 0.5) is 0 Å². The summed E-state index contributed by atoms with van der Waals surface area (Å²) in [5.41, 5.74) is 0. The summed E-state index contributed by atoms with van der Waals surface area (Å²) in [5.74, 6) is 1.23. The lowest BCUT2D eigenvalue weighted by Gasteiger charge is -2.30. The fourth-order valence-corrected chi connectivity index (χ4v) is 3.11. The molecular weight excluding hydrogens is 236 g/mol. The minimum absolute atomic E-state index is 0.694. The highest BCUT2D eigenvalue weighted by Gasteiger charge is 2.31. The zero-order valence-corrected chi connectivity index (χ0v) is 12.0. The highest BCUT2D eigenvalue weighted by molar-refractivity contribution is 4.96. The molecular formula is C15H26N4. The molecule has 1 aliphatic heterocycles. The van der Waals surface area contributed by atoms with E-state index < -0.39 is 0 Å². The summed E-state index contributed by atoms with van der Waals surface area (Å²) < 4.78 is 2.27. The van der Waals surface area contributed by atoms with Gasteiger partial charge in [-0.1, -0.05) is 6.42 Å². The number of nitrogens with zero attached hydrogens (tertiary/aromatic N) is 3. The lowest BCUT2D eigenvalue weighted by molar-refractivity contribution is 0.202. The molecule has 1 saturated carbocycles. The van der Waals surface area contributed by atoms with Crippen LogP contribution in [-0.2, 0) is 13.1 Å². The molecule has 0 spiro atoms. The first kappa shape index (κ1) is 13.1. The standard InChI is InChI=1S/C15H26N4/c1-2-18-10-9-17-15(18)12-19(14-6-7-14)11-13-5-3-4-8-16-13/h9-10,13-14,16H,2-8,11-12H2,1H3. The summed E-state index contributed by atoms with van der Waals surface area (Å²) in [4.78, 5) is 7.18. The normalized spacial score (nSPS) is 24.0. The number of hydrogen-bond acceptors (Lipinski definition) is 3. The molecule has 3 rings (SSSR count). The quantitative estimate of drug-likeness (QED) is 0.851. The SMILES string of the molecule is CCn1ccnc1CN(CC1CCCCN1)C1CC1. The van der Waals surface area contributed by atoms with Crippen LogP contribution < -0.4 is 5.32 Å². The molecule has 0 radical (unpaired) electrons. The van der Waals surface area contributed by atoms with E-state index in [2.05, 4.69) is 32.9 Å². The van der Waals surface area contributed by atoms with Crippen molar-refractivity contribution in [2.24, 2.45) is 0 Å². The molecule has 2 aliphatic rings. The Hall–Kier alpha value is -0.870. The summed E-state index contributed by atoms with van der Waals surface area (Å²) in [7, 11) is 0. The smallest absolute Gasteiger partial charge is 0.122 e. The van der Waals surface area contributed by atoms with Crippen molar-refractivity contribution in [2.45, 2.75) is 64.2 Å². The van der Waals surface area contributed by atoms with E-state index in [4.69, 9.17) is 0 Å². The van der Waals surface area contributed by atoms with Crippen LogP contribution in [0.15, 0.2) is 12.4 Å². The van der Waals surface area contributed by atoms with Crippen molar-refractivity contribution in [1.82, 2.24) is 19.8 Å². The van der Waals surface area contributed by atoms with Crippen LogP contribution in [0, 0.1) is 0 Å². The average Bonchev–Trinajstić information content (AvgIpc) is 3.20. The summed E-state index contributed by atoms with van der Waals surface area (Å²) in [6.07, 6.45) is 10.9. The number of rotatable bonds is 6. The molecule has 1 aliphatic carbocycles. The number of imidazole rings is 1. The Balaban J connectivity index is 1.60. The Morgan fingerprint density at radius 1 is 1.37 bits per heavy atom. The lowest BCUT2D eigenvalue weighted by Crippen LogP contribution is -2.44. The second-order valence-electron chi connectivity index (χ2n) is 5.94. The minimum Gasteiger partial charge on any atom is -0.334 e. The Morgan fingerprint density at radius 2 is 2.26 bits per heavy atom. The number of hydrogen-bond donors (Lipinski definition) is 1. The minimum atomic E-state index is 0.694. The van der Waals surface area contributed by atoms with Crippen LogP contribution in [0.2, 0.25) is 0 Å². The first-order chi connectivity index (χ1) is 9.36. The Labute approximate surface area is 116 Å². The monoisotopic (exact) mass is 262 g/mol. The van der Waals surface area contributed by atoms with Crippen molar-refractivity contribution in [3.63, 3.8) is 0 Å². The van der Waals surface area contributed by atoms with Crippen molar-refractivity contribution in [1.29, 1.82) is 0 Å². The zero-order valence-electron chi connectivity index (χ0n) is 12.0. The molecule has 0 amide bonds. The van der Waals surface area contributed by atoms with Gasteiger partial charge in [0, 0.05) is 37.6 Å². The first-order valence-corrected chi connectivity index (χ1v) is 7.84. The van der Waals surface area contributed by atoms with E-state index in [1.165, 1.54) is 51.0 Å². The van der Waals surface area contributed by atoms with Gasteiger partial charge in [-0.25, -0.2) is 4.98 Å². The van der Waals surface area contributed by atoms with Crippen LogP contribution in [-0.4, -0.2) is 39.6 Å². The van der Waals surface area contributed by atoms with Gasteiger partial charge in [-0.15, -0.1) is 0 Å². The fourth-order valence-electron chi connectivity index (χ4n) is 3.11. The number of aromatic nitrogens is 2. The fraction of sp³-hybridized carbons (Fsp3) is 0.800. The van der Waals surface area contributed by atoms with Gasteiger partial charge in [0.25, 0.3) is 0 Å². The van der Waals surface area contributed by atoms with Crippen LogP contribution in [0.3, 0.4) is 0 Å². The Bertz CT molecular complexity index is 391. The van der Waals surface area contributed by atoms with Crippen LogP contribution in [0.1, 0.15) is 44.9 Å². The molecule has 2 heterocycles. The van der Waals surface area contributed by atoms with E-state index >= 15 is 0 Å². The predicted molar refractivity (Wildman–Crippen MR) is 77.0 cm³/mol. The van der Waals surface area contributed by atoms with Gasteiger partial charge < -0.3 is 9.88 Å². The zero-order chi connectivity index (χ0) is 13.1. The molecule has 4 nitrogen and oxygen atoms in total. The number of piperidine rings is 1. The van der Waals surface area contributed by atoms with Crippen LogP contribution >= 0.6 is 0 Å². The van der Waals surface area contributed by atoms with Crippen LogP contribution in [0.25, 0.3) is 0 Å². The number of aryl methyl sites for hydroxylation is 1. The third-order valence-electron chi connectivity index (χ3n) is 4.42. The van der Waals surface area contributed by atoms with Crippen molar-refractivity contribution < 1.29 is 0 Å². The van der Waals surface area contributed by atoms with Crippen LogP contribution in [0.5, 0.6) is 0 Å². The van der Waals surface area contributed by atoms with E-state index in [0.717, 1.165) is 19.1 Å². The molecule has 1 aromatic heterocycles. The van der Waals surface area contributed by atoms with Crippen molar-refractivity contribution >= 4 is 0 Å². The molecule has 1 N–H and O–H groups in total. The van der Waals surface area contributed by atoms with Gasteiger partial charge in [0.1, 0.15) is 5.82 Å². The van der Waals surface area contributed by atoms with Crippen molar-refractivity contribution in [2.75, 3.05) is 13.1 Å². The molecule has 2 fully saturated rings. The van der Waals surface area contributed by atoms with E-state index in [-0.39, 0.29) is 0 Å². The molecule has 0 aromatic carbocycles. The first-order valence-electron chi connectivity index (χ1n) is 7.84. The van der Waals surface area contributed by atoms with Gasteiger partial charge in [0.15, 0.2) is 0 Å². The van der Waals surface area contributed by atoms with Gasteiger partial charge >= 0.3 is 0 Å². The van der Waals surface area contributed by atoms with Crippen molar-refractivity contribution in [3.8, 4) is 0 Å². The molecule has 19 heavy (non-hydrogen) atoms. The second kappa shape index (κ2) is 6.06. The van der Waals surface area contributed by atoms with Gasteiger partial charge in [0.05, 0.1) is 6.54 Å². The summed E-state index contributed by atoms with van der Waals surface area (Å²) in [6, 6.07) is 1.50. The molecule has 106 valence electrons. The van der Waals surface area contributed by atoms with Gasteiger partial charge in [0.2, 0.25) is 0 Å². The maximum Gasteiger partial charge on any atom is 0.122 e. The molecule has 1 unspecified atom stereocenters. The molecule has 0 bridgehead atoms. The van der Waals surface area contributed by atoms with E-state index in [9.17, 15) is 0 Å². The highest BCUT2D eigenvalue weighted by Crippen LogP contribution is 2.28. The molecule has 1 atom stereocenters. The maximum atomic E-state index is 4.53. The van der Waals surface area contributed by atoms with E-state index in [1.54, 1.807) is 0 Å². The van der Waals surface area contributed by atoms with E-state index in [1.807, 2.05) is 6.20 Å². The summed E-state index contributed by atoms with van der Waals surface area (Å²) >= 11 is 0. The third kappa shape index (κ3) is 3.37. The molecule has 4 heteroatoms. The molecule has 1 aromatic rings. The molecule has 1 saturated heterocycles. The number of nitrogens with one attached hydrogen (secondary N) is 1. The second-order valence-corrected chi connectivity index (χ2v) is 5.94. The third-order valence-corrected chi connectivity index (χ3v) is 4.42. The maximum absolute atomic E-state index is 4.53. The van der Waals surface area contributed by atoms with Gasteiger partial charge in [-0.05, 0) is 39.2 Å². The van der Waals surface area contributed by atoms with Gasteiger partial charge in [-0.2, -0.15) is 0 Å². The summed E-state index contributed by atoms with van der Waals surface area (Å²) in [5, 5.41) is 3.67. The Morgan fingerprint density at radius 3 is 2.95 bits per heavy atom. The van der Waals surface area contributed by atoms with Gasteiger partial charge in [-0.3, -0.25) is 4.90 Å². The van der Waals surface area contributed by atoms with Crippen molar-refractivity contribution in [3.05, 3.63) is 18.2 Å². The van der Waals surface area contributed by atoms with E-state index in [0.29, 0.717) is 6.04 Å². The topological polar surface area (TPSA) is 33.1 Å². The average molecular weight is 262 g/mol. The lowest BCUT2D eigenvalue weighted by atomic mass is 10.0. The Kier molecular flexibility index (Phi) is 4.18. The summed E-state index contributed by atoms with van der Waals surface area (Å²) in [6.45, 7) is 6.63. The predicted octanol–water partition coefficient (Wildman–Crippen LogP) is 2.01. The highest BCUT2D eigenvalue weighted by atomic mass is 15.2. The largest absolute Gasteiger partial charge is 0.334 e.